The van der Waals surface area contributed by atoms with Crippen molar-refractivity contribution in [3.05, 3.63) is 0 Å². The van der Waals surface area contributed by atoms with Gasteiger partial charge in [0, 0.05) is 17.3 Å². The molecule has 0 aromatic heterocycles. The monoisotopic (exact) mass is 179 g/mol. The van der Waals surface area contributed by atoms with Crippen LogP contribution in [0, 0.1) is 0 Å². The topological polar surface area (TPSA) is 61.8 Å². The van der Waals surface area contributed by atoms with Crippen LogP contribution >= 0.6 is 12.0 Å². The lowest BCUT2D eigenvalue weighted by Crippen LogP contribution is -2.20. The Kier molecular flexibility index (Phi) is 4.17. The number of aliphatic hydroxyl groups excluding tert-OH is 1. The van der Waals surface area contributed by atoms with E-state index < -0.39 is 0 Å². The lowest BCUT2D eigenvalue weighted by atomic mass is 9.97. The molecule has 1 N–H and O–H groups in total. The third-order valence-corrected chi connectivity index (χ3v) is 2.72. The van der Waals surface area contributed by atoms with Crippen LogP contribution in [-0.2, 0) is 9.37 Å². The molecule has 0 amide bonds. The minimum atomic E-state index is -0.167. The van der Waals surface area contributed by atoms with Gasteiger partial charge in [0.15, 0.2) is 0 Å². The van der Waals surface area contributed by atoms with Gasteiger partial charge in [-0.3, -0.25) is 5.04 Å². The quantitative estimate of drug-likeness (QED) is 0.380. The molecule has 1 aliphatic carbocycles. The summed E-state index contributed by atoms with van der Waals surface area (Å²) in [6, 6.07) is 0. The van der Waals surface area contributed by atoms with Crippen LogP contribution in [0.15, 0.2) is 0 Å². The van der Waals surface area contributed by atoms with Crippen molar-refractivity contribution in [3.8, 4) is 0 Å². The fourth-order valence-corrected chi connectivity index (χ4v) is 1.82. The first-order valence-electron chi connectivity index (χ1n) is 3.63. The minimum absolute atomic E-state index is 0.167. The molecule has 1 aliphatic rings. The van der Waals surface area contributed by atoms with Crippen LogP contribution in [0.4, 0.5) is 0 Å². The molecule has 0 heterocycles. The van der Waals surface area contributed by atoms with E-state index in [9.17, 15) is 5.26 Å². The van der Waals surface area contributed by atoms with Gasteiger partial charge in [0.1, 0.15) is 0 Å². The fraction of sp³-hybridized carbons (Fsp3) is 1.00. The maximum Gasteiger partial charge on any atom is 0.0541 e. The first-order chi connectivity index (χ1) is 5.33. The molecule has 0 aromatic rings. The molecule has 0 radical (unpaired) electrons. The van der Waals surface area contributed by atoms with E-state index in [0.29, 0.717) is 5.25 Å². The Labute approximate surface area is 69.6 Å². The van der Waals surface area contributed by atoms with E-state index in [1.165, 1.54) is 0 Å². The molecular formula is C6H11O4S-. The predicted molar refractivity (Wildman–Crippen MR) is 38.0 cm³/mol. The molecular weight excluding hydrogens is 168 g/mol. The zero-order valence-electron chi connectivity index (χ0n) is 6.06. The summed E-state index contributed by atoms with van der Waals surface area (Å²) in [6.45, 7) is 0. The van der Waals surface area contributed by atoms with Gasteiger partial charge in [0.25, 0.3) is 0 Å². The van der Waals surface area contributed by atoms with Gasteiger partial charge in [-0.2, -0.15) is 4.33 Å². The Bertz CT molecular complexity index is 100. The smallest absolute Gasteiger partial charge is 0.0541 e. The average Bonchev–Trinajstić information content (AvgIpc) is 2.04. The molecule has 0 atom stereocenters. The summed E-state index contributed by atoms with van der Waals surface area (Å²) in [4.78, 5) is 0. The van der Waals surface area contributed by atoms with Gasteiger partial charge in [0.05, 0.1) is 6.10 Å². The maximum absolute atomic E-state index is 9.44. The maximum atomic E-state index is 9.44. The molecule has 0 spiro atoms. The molecule has 0 bridgehead atoms. The molecule has 66 valence electrons. The highest BCUT2D eigenvalue weighted by Gasteiger charge is 2.20. The lowest BCUT2D eigenvalue weighted by molar-refractivity contribution is -0.777. The van der Waals surface area contributed by atoms with Crippen molar-refractivity contribution in [2.45, 2.75) is 37.0 Å². The standard InChI is InChI=1S/C6H12O4S/c7-5-1-3-6(4-2-5)11-10-9-8/h5-8H,1-4H2/p-1. The molecule has 1 fully saturated rings. The summed E-state index contributed by atoms with van der Waals surface area (Å²) in [5.41, 5.74) is 0. The molecule has 0 aliphatic heterocycles. The van der Waals surface area contributed by atoms with E-state index in [1.807, 2.05) is 0 Å². The second kappa shape index (κ2) is 4.95. The molecule has 11 heavy (non-hydrogen) atoms. The summed E-state index contributed by atoms with van der Waals surface area (Å²) in [7, 11) is 0. The molecule has 1 rings (SSSR count). The highest BCUT2D eigenvalue weighted by Crippen LogP contribution is 2.28. The van der Waals surface area contributed by atoms with Crippen LogP contribution < -0.4 is 5.26 Å². The van der Waals surface area contributed by atoms with Crippen LogP contribution in [-0.4, -0.2) is 16.5 Å². The Morgan fingerprint density at radius 1 is 1.27 bits per heavy atom. The van der Waals surface area contributed by atoms with Gasteiger partial charge in [-0.15, -0.1) is 0 Å². The first kappa shape index (κ1) is 9.28. The van der Waals surface area contributed by atoms with Gasteiger partial charge in [-0.25, -0.2) is 0 Å². The lowest BCUT2D eigenvalue weighted by Gasteiger charge is -2.23. The number of aliphatic hydroxyl groups is 1. The van der Waals surface area contributed by atoms with E-state index >= 15 is 0 Å². The number of rotatable bonds is 3. The van der Waals surface area contributed by atoms with Gasteiger partial charge in [0.2, 0.25) is 0 Å². The molecule has 4 nitrogen and oxygen atoms in total. The van der Waals surface area contributed by atoms with Crippen molar-refractivity contribution in [2.24, 2.45) is 0 Å². The average molecular weight is 179 g/mol. The molecule has 0 aromatic carbocycles. The second-order valence-electron chi connectivity index (χ2n) is 2.66. The van der Waals surface area contributed by atoms with E-state index in [-0.39, 0.29) is 6.10 Å². The first-order valence-corrected chi connectivity index (χ1v) is 4.43. The molecule has 0 saturated heterocycles. The summed E-state index contributed by atoms with van der Waals surface area (Å²) < 4.78 is 4.19. The number of hydrogen-bond acceptors (Lipinski definition) is 5. The van der Waals surface area contributed by atoms with Crippen molar-refractivity contribution in [1.82, 2.24) is 0 Å². The Morgan fingerprint density at radius 3 is 2.45 bits per heavy atom. The zero-order valence-corrected chi connectivity index (χ0v) is 6.88. The highest BCUT2D eigenvalue weighted by molar-refractivity contribution is 7.95. The van der Waals surface area contributed by atoms with Crippen molar-refractivity contribution >= 4 is 12.0 Å². The third-order valence-electron chi connectivity index (χ3n) is 1.85. The number of hydrogen-bond donors (Lipinski definition) is 1. The largest absolute Gasteiger partial charge is 0.691 e. The molecule has 0 unspecified atom stereocenters. The van der Waals surface area contributed by atoms with Crippen molar-refractivity contribution in [1.29, 1.82) is 0 Å². The second-order valence-corrected chi connectivity index (χ2v) is 3.66. The molecule has 5 heteroatoms. The van der Waals surface area contributed by atoms with Crippen LogP contribution in [0.1, 0.15) is 25.7 Å². The Hall–Kier alpha value is 0.190. The zero-order chi connectivity index (χ0) is 8.10. The Morgan fingerprint density at radius 2 is 1.91 bits per heavy atom. The van der Waals surface area contributed by atoms with Crippen LogP contribution in [0.2, 0.25) is 0 Å². The van der Waals surface area contributed by atoms with Crippen LogP contribution in [0.5, 0.6) is 0 Å². The third kappa shape index (κ3) is 3.39. The molecule has 1 saturated carbocycles. The fourth-order valence-electron chi connectivity index (χ4n) is 1.21. The van der Waals surface area contributed by atoms with Gasteiger partial charge in [-0.05, 0) is 25.7 Å². The Balaban J connectivity index is 2.07. The van der Waals surface area contributed by atoms with E-state index in [1.54, 1.807) is 0 Å². The normalized spacial score (nSPS) is 32.2. The van der Waals surface area contributed by atoms with Crippen molar-refractivity contribution < 1.29 is 19.7 Å². The predicted octanol–water partition coefficient (Wildman–Crippen LogP) is 0.162. The van der Waals surface area contributed by atoms with Crippen molar-refractivity contribution in [2.75, 3.05) is 0 Å². The van der Waals surface area contributed by atoms with E-state index in [2.05, 4.69) is 9.37 Å². The van der Waals surface area contributed by atoms with E-state index in [0.717, 1.165) is 37.7 Å². The SMILES string of the molecule is [O-]OOSC1CCC(O)CC1. The summed E-state index contributed by atoms with van der Waals surface area (Å²) in [5.74, 6) is 0. The van der Waals surface area contributed by atoms with Crippen LogP contribution in [0.3, 0.4) is 0 Å². The summed E-state index contributed by atoms with van der Waals surface area (Å²) in [6.07, 6.45) is 3.18. The summed E-state index contributed by atoms with van der Waals surface area (Å²) in [5, 5.41) is 22.1. The van der Waals surface area contributed by atoms with Crippen molar-refractivity contribution in [3.63, 3.8) is 0 Å². The summed E-state index contributed by atoms with van der Waals surface area (Å²) >= 11 is 1.05. The van der Waals surface area contributed by atoms with Crippen LogP contribution in [0.25, 0.3) is 0 Å². The van der Waals surface area contributed by atoms with E-state index in [4.69, 9.17) is 5.11 Å². The minimum Gasteiger partial charge on any atom is -0.691 e. The highest BCUT2D eigenvalue weighted by atomic mass is 32.2. The van der Waals surface area contributed by atoms with Gasteiger partial charge >= 0.3 is 0 Å². The van der Waals surface area contributed by atoms with Gasteiger partial charge in [-0.1, -0.05) is 0 Å². The van der Waals surface area contributed by atoms with Gasteiger partial charge < -0.3 is 10.4 Å².